The maximum Gasteiger partial charge on any atom is 0.494 e. The van der Waals surface area contributed by atoms with Gasteiger partial charge < -0.3 is 9.31 Å². The van der Waals surface area contributed by atoms with Crippen LogP contribution in [0.2, 0.25) is 0 Å². The van der Waals surface area contributed by atoms with E-state index in [2.05, 4.69) is 50.9 Å². The van der Waals surface area contributed by atoms with Crippen molar-refractivity contribution in [3.8, 4) is 0 Å². The van der Waals surface area contributed by atoms with Gasteiger partial charge in [0.15, 0.2) is 0 Å². The molecule has 0 bridgehead atoms. The van der Waals surface area contributed by atoms with Crippen molar-refractivity contribution in [2.24, 2.45) is 4.99 Å². The van der Waals surface area contributed by atoms with Crippen molar-refractivity contribution >= 4 is 18.8 Å². The highest BCUT2D eigenvalue weighted by molar-refractivity contribution is 6.62. The maximum absolute atomic E-state index is 6.04. The third-order valence-electron chi connectivity index (χ3n) is 4.19. The van der Waals surface area contributed by atoms with Gasteiger partial charge >= 0.3 is 7.12 Å². The van der Waals surface area contributed by atoms with Gasteiger partial charge in [-0.25, -0.2) is 0 Å². The lowest BCUT2D eigenvalue weighted by atomic mass is 9.78. The van der Waals surface area contributed by atoms with Crippen LogP contribution in [0.15, 0.2) is 23.2 Å². The van der Waals surface area contributed by atoms with Crippen LogP contribution in [0.25, 0.3) is 0 Å². The van der Waals surface area contributed by atoms with E-state index in [0.29, 0.717) is 0 Å². The first-order valence-corrected chi connectivity index (χ1v) is 6.37. The zero-order valence-electron chi connectivity index (χ0n) is 11.4. The van der Waals surface area contributed by atoms with Gasteiger partial charge in [0, 0.05) is 6.21 Å². The highest BCUT2D eigenvalue weighted by Gasteiger charge is 2.51. The van der Waals surface area contributed by atoms with Crippen LogP contribution in [0.5, 0.6) is 0 Å². The van der Waals surface area contributed by atoms with Crippen molar-refractivity contribution in [3.05, 3.63) is 29.3 Å². The summed E-state index contributed by atoms with van der Waals surface area (Å²) in [5.41, 5.74) is 2.95. The topological polar surface area (TPSA) is 30.8 Å². The first kappa shape index (κ1) is 11.9. The molecule has 0 spiro atoms. The van der Waals surface area contributed by atoms with E-state index in [1.165, 1.54) is 11.1 Å². The number of hydrogen-bond acceptors (Lipinski definition) is 3. The molecule has 94 valence electrons. The molecule has 3 nitrogen and oxygen atoms in total. The predicted octanol–water partition coefficient (Wildman–Crippen LogP) is 1.92. The van der Waals surface area contributed by atoms with Gasteiger partial charge in [-0.05, 0) is 44.3 Å². The van der Waals surface area contributed by atoms with Crippen molar-refractivity contribution in [3.63, 3.8) is 0 Å². The average Bonchev–Trinajstić information content (AvgIpc) is 2.80. The molecule has 2 aliphatic heterocycles. The Bertz CT molecular complexity index is 507. The summed E-state index contributed by atoms with van der Waals surface area (Å²) in [6, 6.07) is 6.31. The Balaban J connectivity index is 1.91. The Morgan fingerprint density at radius 2 is 1.78 bits per heavy atom. The summed E-state index contributed by atoms with van der Waals surface area (Å²) in [6.45, 7) is 9.08. The fourth-order valence-corrected chi connectivity index (χ4v) is 2.25. The molecule has 0 aliphatic carbocycles. The molecule has 0 aromatic heterocycles. The molecule has 2 heterocycles. The van der Waals surface area contributed by atoms with Crippen LogP contribution >= 0.6 is 0 Å². The first-order chi connectivity index (χ1) is 8.39. The fraction of sp³-hybridized carbons (Fsp3) is 0.500. The molecule has 0 saturated carbocycles. The van der Waals surface area contributed by atoms with Gasteiger partial charge in [0.2, 0.25) is 0 Å². The van der Waals surface area contributed by atoms with E-state index in [9.17, 15) is 0 Å². The quantitative estimate of drug-likeness (QED) is 0.705. The Morgan fingerprint density at radius 1 is 1.11 bits per heavy atom. The van der Waals surface area contributed by atoms with Crippen LogP contribution < -0.4 is 5.46 Å². The summed E-state index contributed by atoms with van der Waals surface area (Å²) in [6.07, 6.45) is 1.92. The summed E-state index contributed by atoms with van der Waals surface area (Å²) >= 11 is 0. The second-order valence-corrected chi connectivity index (χ2v) is 6.02. The van der Waals surface area contributed by atoms with Crippen molar-refractivity contribution in [2.75, 3.05) is 0 Å². The molecule has 1 saturated heterocycles. The lowest BCUT2D eigenvalue weighted by Crippen LogP contribution is -2.41. The summed E-state index contributed by atoms with van der Waals surface area (Å²) in [5, 5.41) is 0. The molecule has 0 amide bonds. The highest BCUT2D eigenvalue weighted by atomic mass is 16.7. The second kappa shape index (κ2) is 3.68. The van der Waals surface area contributed by atoms with E-state index < -0.39 is 0 Å². The van der Waals surface area contributed by atoms with E-state index in [1.807, 2.05) is 6.21 Å². The number of nitrogens with zero attached hydrogens (tertiary/aromatic N) is 1. The zero-order valence-corrected chi connectivity index (χ0v) is 11.4. The zero-order chi connectivity index (χ0) is 13.0. The Hall–Kier alpha value is -1.13. The van der Waals surface area contributed by atoms with Crippen LogP contribution in [-0.4, -0.2) is 24.5 Å². The summed E-state index contributed by atoms with van der Waals surface area (Å²) < 4.78 is 12.1. The molecule has 1 fully saturated rings. The van der Waals surface area contributed by atoms with Gasteiger partial charge in [-0.2, -0.15) is 0 Å². The van der Waals surface area contributed by atoms with Crippen molar-refractivity contribution < 1.29 is 9.31 Å². The second-order valence-electron chi connectivity index (χ2n) is 6.02. The third-order valence-corrected chi connectivity index (χ3v) is 4.19. The van der Waals surface area contributed by atoms with Crippen LogP contribution in [0.4, 0.5) is 0 Å². The van der Waals surface area contributed by atoms with Crippen LogP contribution in [0.3, 0.4) is 0 Å². The smallest absolute Gasteiger partial charge is 0.399 e. The monoisotopic (exact) mass is 243 g/mol. The molecule has 0 N–H and O–H groups in total. The Morgan fingerprint density at radius 3 is 2.44 bits per heavy atom. The fourth-order valence-electron chi connectivity index (χ4n) is 2.25. The molecular weight excluding hydrogens is 225 g/mol. The van der Waals surface area contributed by atoms with E-state index in [0.717, 1.165) is 12.0 Å². The lowest BCUT2D eigenvalue weighted by Gasteiger charge is -2.32. The SMILES string of the molecule is CC1(C)OB(c2ccc3c(c2)C=NC3)OC1(C)C. The molecule has 4 heteroatoms. The summed E-state index contributed by atoms with van der Waals surface area (Å²) in [7, 11) is -0.283. The molecule has 0 radical (unpaired) electrons. The number of aliphatic imine (C=N–C) groups is 1. The average molecular weight is 243 g/mol. The van der Waals surface area contributed by atoms with E-state index in [4.69, 9.17) is 9.31 Å². The summed E-state index contributed by atoms with van der Waals surface area (Å²) in [5.74, 6) is 0. The van der Waals surface area contributed by atoms with E-state index >= 15 is 0 Å². The third kappa shape index (κ3) is 1.71. The van der Waals surface area contributed by atoms with E-state index in [-0.39, 0.29) is 18.3 Å². The van der Waals surface area contributed by atoms with Gasteiger partial charge in [-0.1, -0.05) is 18.2 Å². The Kier molecular flexibility index (Phi) is 2.44. The van der Waals surface area contributed by atoms with Crippen molar-refractivity contribution in [1.82, 2.24) is 0 Å². The van der Waals surface area contributed by atoms with Crippen LogP contribution in [0.1, 0.15) is 38.8 Å². The summed E-state index contributed by atoms with van der Waals surface area (Å²) in [4.78, 5) is 4.27. The highest BCUT2D eigenvalue weighted by Crippen LogP contribution is 2.36. The molecular formula is C14H18BNO2. The molecule has 0 unspecified atom stereocenters. The molecule has 3 rings (SSSR count). The van der Waals surface area contributed by atoms with Gasteiger partial charge in [0.25, 0.3) is 0 Å². The van der Waals surface area contributed by atoms with Crippen LogP contribution in [0, 0.1) is 0 Å². The van der Waals surface area contributed by atoms with Gasteiger partial charge in [0.05, 0.1) is 17.7 Å². The van der Waals surface area contributed by atoms with Gasteiger partial charge in [-0.3, -0.25) is 4.99 Å². The largest absolute Gasteiger partial charge is 0.494 e. The molecule has 18 heavy (non-hydrogen) atoms. The first-order valence-electron chi connectivity index (χ1n) is 6.37. The number of benzene rings is 1. The molecule has 0 atom stereocenters. The number of hydrogen-bond donors (Lipinski definition) is 0. The minimum atomic E-state index is -0.287. The number of fused-ring (bicyclic) bond motifs is 1. The van der Waals surface area contributed by atoms with Crippen LogP contribution in [-0.2, 0) is 15.9 Å². The van der Waals surface area contributed by atoms with Gasteiger partial charge in [0.1, 0.15) is 0 Å². The standard InChI is InChI=1S/C14H18BNO2/c1-13(2)14(3,4)18-15(17-13)12-6-5-10-8-16-9-11(10)7-12/h5-7,9H,8H2,1-4H3. The maximum atomic E-state index is 6.04. The van der Waals surface area contributed by atoms with Crippen molar-refractivity contribution in [2.45, 2.75) is 45.4 Å². The van der Waals surface area contributed by atoms with Gasteiger partial charge in [-0.15, -0.1) is 0 Å². The Labute approximate surface area is 108 Å². The normalized spacial score (nSPS) is 23.4. The minimum Gasteiger partial charge on any atom is -0.399 e. The molecule has 2 aliphatic rings. The lowest BCUT2D eigenvalue weighted by molar-refractivity contribution is 0.00578. The molecule has 1 aromatic rings. The van der Waals surface area contributed by atoms with E-state index in [1.54, 1.807) is 0 Å². The minimum absolute atomic E-state index is 0.283. The van der Waals surface area contributed by atoms with Crippen molar-refractivity contribution in [1.29, 1.82) is 0 Å². The molecule has 1 aromatic carbocycles. The predicted molar refractivity (Wildman–Crippen MR) is 73.5 cm³/mol. The number of rotatable bonds is 1.